The Morgan fingerprint density at radius 2 is 1.97 bits per heavy atom. The minimum absolute atomic E-state index is 0.0857. The number of hydrogen-bond acceptors (Lipinski definition) is 7. The lowest BCUT2D eigenvalue weighted by atomic mass is 9.95. The summed E-state index contributed by atoms with van der Waals surface area (Å²) >= 11 is 1.39. The van der Waals surface area contributed by atoms with Crippen molar-refractivity contribution in [3.05, 3.63) is 45.3 Å². The molecule has 0 atom stereocenters. The summed E-state index contributed by atoms with van der Waals surface area (Å²) in [6.45, 7) is 4.36. The summed E-state index contributed by atoms with van der Waals surface area (Å²) in [6, 6.07) is 7.12. The van der Waals surface area contributed by atoms with Gasteiger partial charge in [-0.15, -0.1) is 11.3 Å². The highest BCUT2D eigenvalue weighted by Gasteiger charge is 2.27. The molecule has 2 aromatic rings. The van der Waals surface area contributed by atoms with E-state index in [-0.39, 0.29) is 12.2 Å². The van der Waals surface area contributed by atoms with Gasteiger partial charge in [0.25, 0.3) is 5.91 Å². The van der Waals surface area contributed by atoms with E-state index >= 15 is 0 Å². The van der Waals surface area contributed by atoms with E-state index in [1.807, 2.05) is 13.0 Å². The summed E-state index contributed by atoms with van der Waals surface area (Å²) in [4.78, 5) is 26.6. The molecule has 0 saturated carbocycles. The third-order valence-corrected chi connectivity index (χ3v) is 6.25. The number of anilines is 1. The summed E-state index contributed by atoms with van der Waals surface area (Å²) < 4.78 is 16.1. The van der Waals surface area contributed by atoms with Gasteiger partial charge >= 0.3 is 5.97 Å². The van der Waals surface area contributed by atoms with E-state index in [1.165, 1.54) is 24.5 Å². The number of carbonyl (C=O) groups is 2. The molecule has 0 aliphatic heterocycles. The lowest BCUT2D eigenvalue weighted by Crippen LogP contribution is -2.16. The van der Waals surface area contributed by atoms with Crippen LogP contribution < -0.4 is 14.8 Å². The molecule has 1 aromatic carbocycles. The van der Waals surface area contributed by atoms with Crippen LogP contribution in [0.3, 0.4) is 0 Å². The first-order valence-corrected chi connectivity index (χ1v) is 11.4. The number of esters is 1. The van der Waals surface area contributed by atoms with Crippen molar-refractivity contribution < 1.29 is 23.8 Å². The van der Waals surface area contributed by atoms with Gasteiger partial charge in [0, 0.05) is 4.88 Å². The predicted octanol–water partition coefficient (Wildman–Crippen LogP) is 4.76. The maximum absolute atomic E-state index is 12.9. The molecule has 3 rings (SSSR count). The van der Waals surface area contributed by atoms with Gasteiger partial charge in [0.15, 0.2) is 11.5 Å². The lowest BCUT2D eigenvalue weighted by molar-refractivity contribution is -0.112. The molecule has 1 aromatic heterocycles. The average Bonchev–Trinajstić information content (AvgIpc) is 3.16. The minimum Gasteiger partial charge on any atom is -0.493 e. The number of amides is 1. The van der Waals surface area contributed by atoms with Crippen LogP contribution in [0, 0.1) is 11.3 Å². The zero-order chi connectivity index (χ0) is 23.1. The quantitative estimate of drug-likeness (QED) is 0.351. The Balaban J connectivity index is 1.90. The van der Waals surface area contributed by atoms with Crippen LogP contribution in [0.2, 0.25) is 0 Å². The molecule has 1 amide bonds. The Labute approximate surface area is 191 Å². The maximum Gasteiger partial charge on any atom is 0.341 e. The number of thiophene rings is 1. The van der Waals surface area contributed by atoms with Crippen LogP contribution in [0.5, 0.6) is 11.5 Å². The molecule has 1 aliphatic rings. The van der Waals surface area contributed by atoms with Crippen molar-refractivity contribution in [2.24, 2.45) is 0 Å². The fraction of sp³-hybridized carbons (Fsp3) is 0.375. The molecule has 0 bridgehead atoms. The Bertz CT molecular complexity index is 1080. The van der Waals surface area contributed by atoms with Crippen molar-refractivity contribution in [3.8, 4) is 17.6 Å². The number of benzene rings is 1. The van der Waals surface area contributed by atoms with Crippen molar-refractivity contribution in [1.29, 1.82) is 5.26 Å². The van der Waals surface area contributed by atoms with Crippen LogP contribution >= 0.6 is 11.3 Å². The molecule has 1 N–H and O–H groups in total. The molecule has 0 saturated heterocycles. The SMILES string of the molecule is CCOC(=O)c1c(NC(=O)/C(C#N)=C/c2ccc(OCC)c(OC)c2)sc2c1CCCC2. The van der Waals surface area contributed by atoms with Gasteiger partial charge in [0.2, 0.25) is 0 Å². The molecule has 0 spiro atoms. The number of nitrogens with one attached hydrogen (secondary N) is 1. The van der Waals surface area contributed by atoms with E-state index in [1.54, 1.807) is 25.1 Å². The topological polar surface area (TPSA) is 97.7 Å². The molecule has 7 nitrogen and oxygen atoms in total. The molecule has 1 heterocycles. The second-order valence-electron chi connectivity index (χ2n) is 7.10. The van der Waals surface area contributed by atoms with Gasteiger partial charge in [-0.3, -0.25) is 4.79 Å². The first-order chi connectivity index (χ1) is 15.5. The first kappa shape index (κ1) is 23.4. The number of methoxy groups -OCH3 is 1. The van der Waals surface area contributed by atoms with Gasteiger partial charge < -0.3 is 19.5 Å². The van der Waals surface area contributed by atoms with E-state index in [9.17, 15) is 14.9 Å². The summed E-state index contributed by atoms with van der Waals surface area (Å²) in [5.41, 5.74) is 1.90. The molecule has 1 aliphatic carbocycles. The van der Waals surface area contributed by atoms with E-state index in [0.717, 1.165) is 36.1 Å². The van der Waals surface area contributed by atoms with E-state index in [4.69, 9.17) is 14.2 Å². The Hall–Kier alpha value is -3.31. The fourth-order valence-corrected chi connectivity index (χ4v) is 4.88. The number of aryl methyl sites for hydroxylation is 1. The van der Waals surface area contributed by atoms with Crippen molar-refractivity contribution in [2.45, 2.75) is 39.5 Å². The highest BCUT2D eigenvalue weighted by molar-refractivity contribution is 7.17. The van der Waals surface area contributed by atoms with Gasteiger partial charge in [0.1, 0.15) is 16.6 Å². The van der Waals surface area contributed by atoms with E-state index < -0.39 is 11.9 Å². The van der Waals surface area contributed by atoms with Crippen LogP contribution in [-0.2, 0) is 22.4 Å². The monoisotopic (exact) mass is 454 g/mol. The van der Waals surface area contributed by atoms with Crippen LogP contribution in [-0.4, -0.2) is 32.2 Å². The highest BCUT2D eigenvalue weighted by atomic mass is 32.1. The van der Waals surface area contributed by atoms with Gasteiger partial charge in [-0.05, 0) is 68.9 Å². The van der Waals surface area contributed by atoms with Crippen LogP contribution in [0.15, 0.2) is 23.8 Å². The first-order valence-electron chi connectivity index (χ1n) is 10.6. The van der Waals surface area contributed by atoms with Crippen molar-refractivity contribution in [3.63, 3.8) is 0 Å². The lowest BCUT2D eigenvalue weighted by Gasteiger charge is -2.12. The molecule has 32 heavy (non-hydrogen) atoms. The maximum atomic E-state index is 12.9. The van der Waals surface area contributed by atoms with Crippen LogP contribution in [0.1, 0.15) is 53.1 Å². The normalized spacial score (nSPS) is 13.0. The summed E-state index contributed by atoms with van der Waals surface area (Å²) in [5.74, 6) is 0.0672. The molecule has 0 fully saturated rings. The van der Waals surface area contributed by atoms with Crippen molar-refractivity contribution >= 4 is 34.3 Å². The smallest absolute Gasteiger partial charge is 0.341 e. The molecule has 8 heteroatoms. The number of carbonyl (C=O) groups excluding carboxylic acids is 2. The van der Waals surface area contributed by atoms with Crippen LogP contribution in [0.25, 0.3) is 6.08 Å². The number of hydrogen-bond donors (Lipinski definition) is 1. The number of nitrogens with zero attached hydrogens (tertiary/aromatic N) is 1. The Kier molecular flexibility index (Phi) is 7.90. The van der Waals surface area contributed by atoms with Gasteiger partial charge in [-0.2, -0.15) is 5.26 Å². The highest BCUT2D eigenvalue weighted by Crippen LogP contribution is 2.39. The van der Waals surface area contributed by atoms with Crippen LogP contribution in [0.4, 0.5) is 5.00 Å². The molecular weight excluding hydrogens is 428 g/mol. The fourth-order valence-electron chi connectivity index (χ4n) is 3.61. The Morgan fingerprint density at radius 1 is 1.19 bits per heavy atom. The third kappa shape index (κ3) is 5.11. The van der Waals surface area contributed by atoms with Gasteiger partial charge in [-0.1, -0.05) is 6.07 Å². The van der Waals surface area contributed by atoms with Crippen molar-refractivity contribution in [1.82, 2.24) is 0 Å². The summed E-state index contributed by atoms with van der Waals surface area (Å²) in [5, 5.41) is 12.8. The Morgan fingerprint density at radius 3 is 2.66 bits per heavy atom. The predicted molar refractivity (Wildman–Crippen MR) is 123 cm³/mol. The van der Waals surface area contributed by atoms with Gasteiger partial charge in [0.05, 0.1) is 25.9 Å². The molecule has 0 unspecified atom stereocenters. The number of rotatable bonds is 8. The molecular formula is C24H26N2O5S. The zero-order valence-electron chi connectivity index (χ0n) is 18.4. The van der Waals surface area contributed by atoms with Crippen molar-refractivity contribution in [2.75, 3.05) is 25.6 Å². The third-order valence-electron chi connectivity index (χ3n) is 5.04. The number of nitriles is 1. The van der Waals surface area contributed by atoms with E-state index in [2.05, 4.69) is 5.32 Å². The summed E-state index contributed by atoms with van der Waals surface area (Å²) in [6.07, 6.45) is 5.17. The molecule has 0 radical (unpaired) electrons. The van der Waals surface area contributed by atoms with Gasteiger partial charge in [-0.25, -0.2) is 4.79 Å². The molecule has 168 valence electrons. The second kappa shape index (κ2) is 10.8. The summed E-state index contributed by atoms with van der Waals surface area (Å²) in [7, 11) is 1.53. The number of fused-ring (bicyclic) bond motifs is 1. The number of ether oxygens (including phenoxy) is 3. The standard InChI is InChI=1S/C24H26N2O5S/c1-4-30-18-11-10-15(13-19(18)29-3)12-16(14-25)22(27)26-23-21(24(28)31-5-2)17-8-6-7-9-20(17)32-23/h10-13H,4-9H2,1-3H3,(H,26,27)/b16-12+. The van der Waals surface area contributed by atoms with E-state index in [0.29, 0.717) is 34.2 Å². The largest absolute Gasteiger partial charge is 0.493 e. The average molecular weight is 455 g/mol. The second-order valence-corrected chi connectivity index (χ2v) is 8.21. The minimum atomic E-state index is -0.579. The zero-order valence-corrected chi connectivity index (χ0v) is 19.3.